The van der Waals surface area contributed by atoms with Gasteiger partial charge in [0.2, 0.25) is 0 Å². The van der Waals surface area contributed by atoms with Gasteiger partial charge >= 0.3 is 0 Å². The van der Waals surface area contributed by atoms with Crippen LogP contribution < -0.4 is 5.32 Å². The highest BCUT2D eigenvalue weighted by molar-refractivity contribution is 5.94. The van der Waals surface area contributed by atoms with E-state index < -0.39 is 0 Å². The van der Waals surface area contributed by atoms with Crippen molar-refractivity contribution in [2.45, 2.75) is 80.2 Å². The zero-order chi connectivity index (χ0) is 17.2. The highest BCUT2D eigenvalue weighted by Crippen LogP contribution is 2.35. The maximum atomic E-state index is 12.1. The Kier molecular flexibility index (Phi) is 9.71. The topological polar surface area (TPSA) is 42.0 Å². The van der Waals surface area contributed by atoms with Gasteiger partial charge < -0.3 is 5.32 Å². The second kappa shape index (κ2) is 10.4. The standard InChI is InChI=1S/C15H22N2O.2C2H6/c1-11-10-12(6-9-16-11)14(18)17-13-4-7-15(2,3)8-5-13;2*1-2/h6,9-10,13H,4-5,7-8H2,1-3H3,(H,17,18);2*1-2H3. The highest BCUT2D eigenvalue weighted by atomic mass is 16.1. The lowest BCUT2D eigenvalue weighted by Crippen LogP contribution is -2.39. The van der Waals surface area contributed by atoms with E-state index >= 15 is 0 Å². The van der Waals surface area contributed by atoms with Gasteiger partial charge in [0.1, 0.15) is 0 Å². The van der Waals surface area contributed by atoms with E-state index in [9.17, 15) is 4.79 Å². The van der Waals surface area contributed by atoms with Crippen LogP contribution in [0.15, 0.2) is 18.3 Å². The predicted octanol–water partition coefficient (Wildman–Crippen LogP) is 5.14. The average molecular weight is 306 g/mol. The third-order valence-corrected chi connectivity index (χ3v) is 3.83. The first-order valence-electron chi connectivity index (χ1n) is 8.70. The zero-order valence-corrected chi connectivity index (χ0v) is 15.5. The molecule has 0 bridgehead atoms. The first kappa shape index (κ1) is 20.6. The number of rotatable bonds is 2. The summed E-state index contributed by atoms with van der Waals surface area (Å²) in [5.74, 6) is 0.0326. The lowest BCUT2D eigenvalue weighted by molar-refractivity contribution is 0.0909. The molecule has 126 valence electrons. The summed E-state index contributed by atoms with van der Waals surface area (Å²) in [7, 11) is 0. The van der Waals surface area contributed by atoms with Gasteiger partial charge in [0.25, 0.3) is 5.91 Å². The number of hydrogen-bond donors (Lipinski definition) is 1. The van der Waals surface area contributed by atoms with Crippen molar-refractivity contribution in [1.82, 2.24) is 10.3 Å². The van der Waals surface area contributed by atoms with E-state index in [1.54, 1.807) is 12.3 Å². The van der Waals surface area contributed by atoms with E-state index in [-0.39, 0.29) is 5.91 Å². The molecular weight excluding hydrogens is 272 g/mol. The van der Waals surface area contributed by atoms with Gasteiger partial charge in [-0.15, -0.1) is 0 Å². The van der Waals surface area contributed by atoms with Gasteiger partial charge in [-0.2, -0.15) is 0 Å². The molecule has 1 N–H and O–H groups in total. The van der Waals surface area contributed by atoms with Crippen LogP contribution in [-0.2, 0) is 0 Å². The third kappa shape index (κ3) is 7.06. The number of nitrogens with zero attached hydrogens (tertiary/aromatic N) is 1. The quantitative estimate of drug-likeness (QED) is 0.822. The lowest BCUT2D eigenvalue weighted by atomic mass is 9.75. The molecule has 1 aliphatic carbocycles. The van der Waals surface area contributed by atoms with Gasteiger partial charge in [0, 0.05) is 23.5 Å². The number of pyridine rings is 1. The molecule has 1 heterocycles. The van der Waals surface area contributed by atoms with Crippen LogP contribution in [0.5, 0.6) is 0 Å². The smallest absolute Gasteiger partial charge is 0.251 e. The molecule has 1 aromatic heterocycles. The van der Waals surface area contributed by atoms with Crippen LogP contribution in [0.4, 0.5) is 0 Å². The monoisotopic (exact) mass is 306 g/mol. The van der Waals surface area contributed by atoms with Gasteiger partial charge in [0.05, 0.1) is 0 Å². The Hall–Kier alpha value is -1.38. The third-order valence-electron chi connectivity index (χ3n) is 3.83. The van der Waals surface area contributed by atoms with Gasteiger partial charge in [-0.3, -0.25) is 9.78 Å². The van der Waals surface area contributed by atoms with Crippen LogP contribution in [0.25, 0.3) is 0 Å². The summed E-state index contributed by atoms with van der Waals surface area (Å²) >= 11 is 0. The molecule has 1 aromatic rings. The summed E-state index contributed by atoms with van der Waals surface area (Å²) in [5.41, 5.74) is 2.04. The molecule has 1 amide bonds. The molecular formula is C19H34N2O. The van der Waals surface area contributed by atoms with Crippen molar-refractivity contribution in [3.05, 3.63) is 29.6 Å². The summed E-state index contributed by atoms with van der Waals surface area (Å²) in [6, 6.07) is 3.94. The molecule has 0 unspecified atom stereocenters. The van der Waals surface area contributed by atoms with Crippen molar-refractivity contribution >= 4 is 5.91 Å². The Bertz CT molecular complexity index is 431. The van der Waals surface area contributed by atoms with E-state index in [0.717, 1.165) is 18.5 Å². The summed E-state index contributed by atoms with van der Waals surface area (Å²) in [6.45, 7) is 14.5. The summed E-state index contributed by atoms with van der Waals surface area (Å²) in [4.78, 5) is 16.2. The minimum absolute atomic E-state index is 0.0326. The SMILES string of the molecule is CC.CC.Cc1cc(C(=O)NC2CCC(C)(C)CC2)ccn1. The highest BCUT2D eigenvalue weighted by Gasteiger charge is 2.27. The molecule has 0 radical (unpaired) electrons. The second-order valence-electron chi connectivity index (χ2n) is 6.10. The van der Waals surface area contributed by atoms with Crippen LogP contribution in [0.1, 0.15) is 83.3 Å². The number of carbonyl (C=O) groups is 1. The molecule has 0 aromatic carbocycles. The fourth-order valence-electron chi connectivity index (χ4n) is 2.50. The molecule has 3 nitrogen and oxygen atoms in total. The van der Waals surface area contributed by atoms with E-state index in [2.05, 4.69) is 24.1 Å². The molecule has 1 saturated carbocycles. The molecule has 1 aliphatic rings. The molecule has 0 aliphatic heterocycles. The first-order chi connectivity index (χ1) is 10.5. The van der Waals surface area contributed by atoms with Gasteiger partial charge in [-0.25, -0.2) is 0 Å². The Labute approximate surface area is 136 Å². The zero-order valence-electron chi connectivity index (χ0n) is 15.5. The van der Waals surface area contributed by atoms with Crippen molar-refractivity contribution in [2.24, 2.45) is 5.41 Å². The molecule has 1 fully saturated rings. The number of amides is 1. The molecule has 22 heavy (non-hydrogen) atoms. The van der Waals surface area contributed by atoms with Gasteiger partial charge in [-0.1, -0.05) is 41.5 Å². The summed E-state index contributed by atoms with van der Waals surface area (Å²) in [6.07, 6.45) is 6.24. The number of carbonyl (C=O) groups excluding carboxylic acids is 1. The van der Waals surface area contributed by atoms with Gasteiger partial charge in [-0.05, 0) is 50.2 Å². The van der Waals surface area contributed by atoms with Gasteiger partial charge in [0.15, 0.2) is 0 Å². The van der Waals surface area contributed by atoms with Crippen LogP contribution in [0.3, 0.4) is 0 Å². The molecule has 2 rings (SSSR count). The van der Waals surface area contributed by atoms with Crippen molar-refractivity contribution in [3.8, 4) is 0 Å². The fourth-order valence-corrected chi connectivity index (χ4v) is 2.50. The second-order valence-corrected chi connectivity index (χ2v) is 6.10. The van der Waals surface area contributed by atoms with Crippen molar-refractivity contribution in [2.75, 3.05) is 0 Å². The Morgan fingerprint density at radius 3 is 2.23 bits per heavy atom. The van der Waals surface area contributed by atoms with Crippen molar-refractivity contribution in [1.29, 1.82) is 0 Å². The van der Waals surface area contributed by atoms with Crippen LogP contribution in [0, 0.1) is 12.3 Å². The predicted molar refractivity (Wildman–Crippen MR) is 95.2 cm³/mol. The number of aromatic nitrogens is 1. The minimum atomic E-state index is 0.0326. The average Bonchev–Trinajstić information content (AvgIpc) is 2.53. The van der Waals surface area contributed by atoms with E-state index in [4.69, 9.17) is 0 Å². The Balaban J connectivity index is 0.00000102. The van der Waals surface area contributed by atoms with E-state index in [0.29, 0.717) is 17.0 Å². The molecule has 0 atom stereocenters. The maximum absolute atomic E-state index is 12.1. The van der Waals surface area contributed by atoms with Crippen molar-refractivity contribution in [3.63, 3.8) is 0 Å². The Morgan fingerprint density at radius 1 is 1.18 bits per heavy atom. The first-order valence-corrected chi connectivity index (χ1v) is 8.70. The summed E-state index contributed by atoms with van der Waals surface area (Å²) < 4.78 is 0. The van der Waals surface area contributed by atoms with Crippen LogP contribution in [-0.4, -0.2) is 16.9 Å². The molecule has 0 spiro atoms. The number of hydrogen-bond acceptors (Lipinski definition) is 2. The van der Waals surface area contributed by atoms with E-state index in [1.165, 1.54) is 12.8 Å². The van der Waals surface area contributed by atoms with Crippen LogP contribution >= 0.6 is 0 Å². The van der Waals surface area contributed by atoms with E-state index in [1.807, 2.05) is 40.7 Å². The number of nitrogens with one attached hydrogen (secondary N) is 1. The normalized spacial score (nSPS) is 16.5. The van der Waals surface area contributed by atoms with Crippen molar-refractivity contribution < 1.29 is 4.79 Å². The van der Waals surface area contributed by atoms with Crippen LogP contribution in [0.2, 0.25) is 0 Å². The largest absolute Gasteiger partial charge is 0.349 e. The lowest BCUT2D eigenvalue weighted by Gasteiger charge is -2.34. The summed E-state index contributed by atoms with van der Waals surface area (Å²) in [5, 5.41) is 3.13. The number of aryl methyl sites for hydroxylation is 1. The fraction of sp³-hybridized carbons (Fsp3) is 0.684. The Morgan fingerprint density at radius 2 is 1.73 bits per heavy atom. The molecule has 3 heteroatoms. The molecule has 0 saturated heterocycles. The maximum Gasteiger partial charge on any atom is 0.251 e. The minimum Gasteiger partial charge on any atom is -0.349 e.